The van der Waals surface area contributed by atoms with Crippen LogP contribution < -0.4 is 10.6 Å². The summed E-state index contributed by atoms with van der Waals surface area (Å²) in [4.78, 5) is 11.4. The van der Waals surface area contributed by atoms with Gasteiger partial charge in [0.2, 0.25) is 5.91 Å². The molecule has 3 heteroatoms. The van der Waals surface area contributed by atoms with Crippen molar-refractivity contribution in [1.29, 1.82) is 0 Å². The Bertz CT molecular complexity index is 178. The van der Waals surface area contributed by atoms with Gasteiger partial charge >= 0.3 is 0 Å². The molecular weight excluding hydrogens is 176 g/mol. The van der Waals surface area contributed by atoms with Crippen molar-refractivity contribution in [2.75, 3.05) is 13.1 Å². The molecule has 0 aromatic carbocycles. The molecule has 2 N–H and O–H groups in total. The van der Waals surface area contributed by atoms with Crippen LogP contribution in [0.25, 0.3) is 0 Å². The second-order valence-electron chi connectivity index (χ2n) is 4.26. The monoisotopic (exact) mass is 198 g/mol. The minimum Gasteiger partial charge on any atom is -0.356 e. The lowest BCUT2D eigenvalue weighted by Crippen LogP contribution is -2.36. The van der Waals surface area contributed by atoms with Gasteiger partial charge in [-0.25, -0.2) is 0 Å². The Kier molecular flexibility index (Phi) is 4.94. The minimum absolute atomic E-state index is 0.186. The minimum atomic E-state index is 0.186. The summed E-state index contributed by atoms with van der Waals surface area (Å²) in [7, 11) is 0. The van der Waals surface area contributed by atoms with Gasteiger partial charge in [-0.05, 0) is 32.2 Å². The number of carbonyl (C=O) groups excluding carboxylic acids is 1. The standard InChI is InChI=1S/C11H22N2O/c1-3-12-9(2)7-11(14)13-8-10-5-4-6-10/h9-10,12H,3-8H2,1-2H3,(H,13,14). The first-order valence-electron chi connectivity index (χ1n) is 5.72. The molecule has 0 heterocycles. The van der Waals surface area contributed by atoms with E-state index in [0.29, 0.717) is 12.5 Å². The van der Waals surface area contributed by atoms with Crippen molar-refractivity contribution < 1.29 is 4.79 Å². The number of amides is 1. The average molecular weight is 198 g/mol. The highest BCUT2D eigenvalue weighted by atomic mass is 16.1. The molecule has 3 nitrogen and oxygen atoms in total. The number of hydrogen-bond acceptors (Lipinski definition) is 2. The molecule has 1 aliphatic rings. The van der Waals surface area contributed by atoms with Gasteiger partial charge in [0.05, 0.1) is 0 Å². The van der Waals surface area contributed by atoms with Gasteiger partial charge in [-0.1, -0.05) is 13.3 Å². The molecule has 0 bridgehead atoms. The van der Waals surface area contributed by atoms with E-state index in [2.05, 4.69) is 17.6 Å². The highest BCUT2D eigenvalue weighted by Crippen LogP contribution is 2.25. The summed E-state index contributed by atoms with van der Waals surface area (Å²) in [6, 6.07) is 0.293. The molecule has 1 atom stereocenters. The summed E-state index contributed by atoms with van der Waals surface area (Å²) in [6.45, 7) is 5.92. The molecule has 0 saturated heterocycles. The molecule has 1 rings (SSSR count). The van der Waals surface area contributed by atoms with Crippen LogP contribution in [-0.2, 0) is 4.79 Å². The molecule has 0 aromatic rings. The maximum Gasteiger partial charge on any atom is 0.221 e. The lowest BCUT2D eigenvalue weighted by molar-refractivity contribution is -0.121. The van der Waals surface area contributed by atoms with Crippen molar-refractivity contribution >= 4 is 5.91 Å². The lowest BCUT2D eigenvalue weighted by Gasteiger charge is -2.25. The number of nitrogens with one attached hydrogen (secondary N) is 2. The van der Waals surface area contributed by atoms with E-state index in [-0.39, 0.29) is 5.91 Å². The molecule has 1 fully saturated rings. The third-order valence-corrected chi connectivity index (χ3v) is 2.86. The molecule has 0 aliphatic heterocycles. The number of carbonyl (C=O) groups is 1. The van der Waals surface area contributed by atoms with Crippen LogP contribution in [0.5, 0.6) is 0 Å². The zero-order valence-electron chi connectivity index (χ0n) is 9.31. The fraction of sp³-hybridized carbons (Fsp3) is 0.909. The van der Waals surface area contributed by atoms with E-state index >= 15 is 0 Å². The van der Waals surface area contributed by atoms with E-state index in [4.69, 9.17) is 0 Å². The van der Waals surface area contributed by atoms with Gasteiger partial charge in [0.15, 0.2) is 0 Å². The average Bonchev–Trinajstić information content (AvgIpc) is 2.01. The van der Waals surface area contributed by atoms with Crippen molar-refractivity contribution in [3.05, 3.63) is 0 Å². The van der Waals surface area contributed by atoms with Crippen molar-refractivity contribution in [2.45, 2.75) is 45.6 Å². The van der Waals surface area contributed by atoms with E-state index in [1.54, 1.807) is 0 Å². The van der Waals surface area contributed by atoms with Crippen LogP contribution >= 0.6 is 0 Å². The van der Waals surface area contributed by atoms with E-state index in [1.165, 1.54) is 19.3 Å². The Hall–Kier alpha value is -0.570. The summed E-state index contributed by atoms with van der Waals surface area (Å²) >= 11 is 0. The zero-order chi connectivity index (χ0) is 10.4. The molecular formula is C11H22N2O. The van der Waals surface area contributed by atoms with Crippen LogP contribution in [0, 0.1) is 5.92 Å². The fourth-order valence-corrected chi connectivity index (χ4v) is 1.73. The number of rotatable bonds is 6. The van der Waals surface area contributed by atoms with Crippen molar-refractivity contribution in [3.8, 4) is 0 Å². The second kappa shape index (κ2) is 6.02. The highest BCUT2D eigenvalue weighted by Gasteiger charge is 2.18. The van der Waals surface area contributed by atoms with Gasteiger partial charge in [-0.15, -0.1) is 0 Å². The Labute approximate surface area is 86.6 Å². The largest absolute Gasteiger partial charge is 0.356 e. The summed E-state index contributed by atoms with van der Waals surface area (Å²) in [5.41, 5.74) is 0. The van der Waals surface area contributed by atoms with Gasteiger partial charge < -0.3 is 10.6 Å². The van der Waals surface area contributed by atoms with Crippen molar-refractivity contribution in [1.82, 2.24) is 10.6 Å². The molecule has 1 aliphatic carbocycles. The third-order valence-electron chi connectivity index (χ3n) is 2.86. The first-order valence-corrected chi connectivity index (χ1v) is 5.72. The molecule has 1 amide bonds. The van der Waals surface area contributed by atoms with Crippen LogP contribution in [-0.4, -0.2) is 25.0 Å². The van der Waals surface area contributed by atoms with Crippen LogP contribution in [0.3, 0.4) is 0 Å². The molecule has 0 aromatic heterocycles. The molecule has 1 unspecified atom stereocenters. The van der Waals surface area contributed by atoms with E-state index in [9.17, 15) is 4.79 Å². The van der Waals surface area contributed by atoms with Crippen LogP contribution in [0.15, 0.2) is 0 Å². The fourth-order valence-electron chi connectivity index (χ4n) is 1.73. The van der Waals surface area contributed by atoms with E-state index in [1.807, 2.05) is 6.92 Å². The Morgan fingerprint density at radius 2 is 2.21 bits per heavy atom. The van der Waals surface area contributed by atoms with Gasteiger partial charge in [-0.3, -0.25) is 4.79 Å². The van der Waals surface area contributed by atoms with Gasteiger partial charge in [-0.2, -0.15) is 0 Å². The third kappa shape index (κ3) is 4.09. The molecule has 0 radical (unpaired) electrons. The Morgan fingerprint density at radius 3 is 2.71 bits per heavy atom. The zero-order valence-corrected chi connectivity index (χ0v) is 9.31. The van der Waals surface area contributed by atoms with E-state index in [0.717, 1.165) is 19.0 Å². The lowest BCUT2D eigenvalue weighted by atomic mass is 9.85. The normalized spacial score (nSPS) is 18.7. The Morgan fingerprint density at radius 1 is 1.50 bits per heavy atom. The van der Waals surface area contributed by atoms with Gasteiger partial charge in [0.25, 0.3) is 0 Å². The molecule has 82 valence electrons. The molecule has 1 saturated carbocycles. The highest BCUT2D eigenvalue weighted by molar-refractivity contribution is 5.76. The molecule has 0 spiro atoms. The predicted molar refractivity (Wildman–Crippen MR) is 58.1 cm³/mol. The van der Waals surface area contributed by atoms with Crippen LogP contribution in [0.1, 0.15) is 39.5 Å². The topological polar surface area (TPSA) is 41.1 Å². The summed E-state index contributed by atoms with van der Waals surface area (Å²) in [5, 5.41) is 6.23. The predicted octanol–water partition coefficient (Wildman–Crippen LogP) is 1.29. The smallest absolute Gasteiger partial charge is 0.221 e. The maximum atomic E-state index is 11.4. The SMILES string of the molecule is CCNC(C)CC(=O)NCC1CCC1. The summed E-state index contributed by atoms with van der Waals surface area (Å²) in [6.07, 6.45) is 4.53. The van der Waals surface area contributed by atoms with Crippen LogP contribution in [0.2, 0.25) is 0 Å². The first-order chi connectivity index (χ1) is 6.72. The van der Waals surface area contributed by atoms with Gasteiger partial charge in [0, 0.05) is 19.0 Å². The van der Waals surface area contributed by atoms with Crippen LogP contribution in [0.4, 0.5) is 0 Å². The maximum absolute atomic E-state index is 11.4. The van der Waals surface area contributed by atoms with Crippen molar-refractivity contribution in [2.24, 2.45) is 5.92 Å². The number of hydrogen-bond donors (Lipinski definition) is 2. The molecule has 14 heavy (non-hydrogen) atoms. The Balaban J connectivity index is 2.02. The van der Waals surface area contributed by atoms with Gasteiger partial charge in [0.1, 0.15) is 0 Å². The summed E-state index contributed by atoms with van der Waals surface area (Å²) < 4.78 is 0. The summed E-state index contributed by atoms with van der Waals surface area (Å²) in [5.74, 6) is 0.943. The quantitative estimate of drug-likeness (QED) is 0.675. The van der Waals surface area contributed by atoms with Crippen molar-refractivity contribution in [3.63, 3.8) is 0 Å². The first kappa shape index (κ1) is 11.5. The van der Waals surface area contributed by atoms with E-state index < -0.39 is 0 Å². The second-order valence-corrected chi connectivity index (χ2v) is 4.26.